The molecule has 1 aliphatic carbocycles. The Kier molecular flexibility index (Phi) is 4.18. The number of hydrogen-bond acceptors (Lipinski definition) is 4. The molecule has 0 amide bonds. The number of nitrogen functional groups attached to an aromatic ring is 1. The van der Waals surface area contributed by atoms with E-state index in [1.165, 1.54) is 32.1 Å². The standard InChI is InChI=1S/C16H23N5/c1-12-6-5-9-14(17)15(12)16-18-19-20-21(16)11-10-13-7-3-2-4-8-13/h5-6,9,13H,2-4,7-8,10-11,17H2,1H3. The Labute approximate surface area is 125 Å². The van der Waals surface area contributed by atoms with Crippen molar-refractivity contribution in [2.45, 2.75) is 52.0 Å². The van der Waals surface area contributed by atoms with Crippen LogP contribution in [0.1, 0.15) is 44.1 Å². The number of anilines is 1. The van der Waals surface area contributed by atoms with Gasteiger partial charge in [-0.3, -0.25) is 0 Å². The monoisotopic (exact) mass is 285 g/mol. The van der Waals surface area contributed by atoms with Crippen molar-refractivity contribution in [3.8, 4) is 11.4 Å². The molecule has 21 heavy (non-hydrogen) atoms. The molecule has 2 aromatic rings. The summed E-state index contributed by atoms with van der Waals surface area (Å²) >= 11 is 0. The van der Waals surface area contributed by atoms with Crippen LogP contribution in [0.5, 0.6) is 0 Å². The molecule has 5 nitrogen and oxygen atoms in total. The summed E-state index contributed by atoms with van der Waals surface area (Å²) in [4.78, 5) is 0. The Morgan fingerprint density at radius 2 is 2.05 bits per heavy atom. The number of aryl methyl sites for hydroxylation is 2. The second-order valence-electron chi connectivity index (χ2n) is 6.06. The lowest BCUT2D eigenvalue weighted by Crippen LogP contribution is -2.12. The number of tetrazole rings is 1. The molecule has 0 saturated heterocycles. The van der Waals surface area contributed by atoms with E-state index in [1.54, 1.807) is 0 Å². The molecule has 0 radical (unpaired) electrons. The van der Waals surface area contributed by atoms with Crippen molar-refractivity contribution < 1.29 is 0 Å². The van der Waals surface area contributed by atoms with E-state index in [1.807, 2.05) is 29.8 Å². The van der Waals surface area contributed by atoms with Crippen molar-refractivity contribution in [1.29, 1.82) is 0 Å². The summed E-state index contributed by atoms with van der Waals surface area (Å²) in [6, 6.07) is 5.92. The molecule has 2 N–H and O–H groups in total. The molecular weight excluding hydrogens is 262 g/mol. The Morgan fingerprint density at radius 1 is 1.24 bits per heavy atom. The van der Waals surface area contributed by atoms with Crippen LogP contribution in [0.15, 0.2) is 18.2 Å². The van der Waals surface area contributed by atoms with Gasteiger partial charge in [0.05, 0.1) is 0 Å². The van der Waals surface area contributed by atoms with E-state index < -0.39 is 0 Å². The van der Waals surface area contributed by atoms with Gasteiger partial charge in [0.1, 0.15) is 0 Å². The number of aromatic nitrogens is 4. The zero-order valence-electron chi connectivity index (χ0n) is 12.6. The fourth-order valence-corrected chi connectivity index (χ4v) is 3.31. The SMILES string of the molecule is Cc1cccc(N)c1-c1nnnn1CCC1CCCCC1. The number of benzene rings is 1. The molecule has 3 rings (SSSR count). The number of rotatable bonds is 4. The lowest BCUT2D eigenvalue weighted by atomic mass is 9.87. The van der Waals surface area contributed by atoms with E-state index in [-0.39, 0.29) is 0 Å². The molecule has 0 spiro atoms. The molecular formula is C16H23N5. The minimum atomic E-state index is 0.740. The van der Waals surface area contributed by atoms with Crippen LogP contribution < -0.4 is 5.73 Å². The molecule has 1 fully saturated rings. The summed E-state index contributed by atoms with van der Waals surface area (Å²) in [5, 5.41) is 12.2. The minimum absolute atomic E-state index is 0.740. The summed E-state index contributed by atoms with van der Waals surface area (Å²) in [5.74, 6) is 1.62. The van der Waals surface area contributed by atoms with Gasteiger partial charge < -0.3 is 5.73 Å². The third-order valence-corrected chi connectivity index (χ3v) is 4.53. The Bertz CT molecular complexity index is 578. The quantitative estimate of drug-likeness (QED) is 0.876. The predicted octanol–water partition coefficient (Wildman–Crippen LogP) is 3.20. The average Bonchev–Trinajstić information content (AvgIpc) is 2.94. The van der Waals surface area contributed by atoms with Gasteiger partial charge in [0, 0.05) is 17.8 Å². The van der Waals surface area contributed by atoms with Crippen LogP contribution in [0.2, 0.25) is 0 Å². The highest BCUT2D eigenvalue weighted by Crippen LogP contribution is 2.29. The molecule has 112 valence electrons. The van der Waals surface area contributed by atoms with Crippen molar-refractivity contribution in [1.82, 2.24) is 20.2 Å². The van der Waals surface area contributed by atoms with E-state index in [0.29, 0.717) is 0 Å². The first kappa shape index (κ1) is 14.0. The van der Waals surface area contributed by atoms with Crippen LogP contribution in [-0.4, -0.2) is 20.2 Å². The Morgan fingerprint density at radius 3 is 2.81 bits per heavy atom. The van der Waals surface area contributed by atoms with Gasteiger partial charge in [0.15, 0.2) is 5.82 Å². The summed E-state index contributed by atoms with van der Waals surface area (Å²) in [7, 11) is 0. The van der Waals surface area contributed by atoms with E-state index in [9.17, 15) is 0 Å². The second kappa shape index (κ2) is 6.24. The second-order valence-corrected chi connectivity index (χ2v) is 6.06. The third-order valence-electron chi connectivity index (χ3n) is 4.53. The summed E-state index contributed by atoms with van der Waals surface area (Å²) in [5.41, 5.74) is 8.93. The number of nitrogens with zero attached hydrogens (tertiary/aromatic N) is 4. The average molecular weight is 285 g/mol. The predicted molar refractivity (Wildman–Crippen MR) is 83.6 cm³/mol. The van der Waals surface area contributed by atoms with Crippen LogP contribution in [0.4, 0.5) is 5.69 Å². The molecule has 0 unspecified atom stereocenters. The lowest BCUT2D eigenvalue weighted by Gasteiger charge is -2.21. The van der Waals surface area contributed by atoms with Gasteiger partial charge in [-0.05, 0) is 41.3 Å². The van der Waals surface area contributed by atoms with E-state index >= 15 is 0 Å². The maximum Gasteiger partial charge on any atom is 0.184 e. The molecule has 1 aromatic heterocycles. The highest BCUT2D eigenvalue weighted by Gasteiger charge is 2.17. The first-order chi connectivity index (χ1) is 10.3. The van der Waals surface area contributed by atoms with Crippen molar-refractivity contribution in [2.75, 3.05) is 5.73 Å². The van der Waals surface area contributed by atoms with Gasteiger partial charge in [-0.25, -0.2) is 4.68 Å². The van der Waals surface area contributed by atoms with Crippen LogP contribution in [0.25, 0.3) is 11.4 Å². The molecule has 1 heterocycles. The Hall–Kier alpha value is -1.91. The van der Waals surface area contributed by atoms with Crippen molar-refractivity contribution >= 4 is 5.69 Å². The van der Waals surface area contributed by atoms with E-state index in [4.69, 9.17) is 5.73 Å². The molecule has 0 atom stereocenters. The van der Waals surface area contributed by atoms with Crippen molar-refractivity contribution in [3.63, 3.8) is 0 Å². The lowest BCUT2D eigenvalue weighted by molar-refractivity contribution is 0.318. The van der Waals surface area contributed by atoms with Crippen LogP contribution >= 0.6 is 0 Å². The maximum absolute atomic E-state index is 6.11. The Balaban J connectivity index is 1.77. The molecule has 0 aliphatic heterocycles. The fourth-order valence-electron chi connectivity index (χ4n) is 3.31. The van der Waals surface area contributed by atoms with Crippen LogP contribution in [0.3, 0.4) is 0 Å². The first-order valence-electron chi connectivity index (χ1n) is 7.87. The number of hydrogen-bond donors (Lipinski definition) is 1. The maximum atomic E-state index is 6.11. The van der Waals surface area contributed by atoms with Gasteiger partial charge in [0.2, 0.25) is 0 Å². The van der Waals surface area contributed by atoms with Gasteiger partial charge >= 0.3 is 0 Å². The molecule has 1 saturated carbocycles. The molecule has 1 aliphatic rings. The van der Waals surface area contributed by atoms with E-state index in [0.717, 1.165) is 41.5 Å². The summed E-state index contributed by atoms with van der Waals surface area (Å²) in [6.07, 6.45) is 8.00. The normalized spacial score (nSPS) is 16.2. The van der Waals surface area contributed by atoms with Gasteiger partial charge in [-0.1, -0.05) is 44.2 Å². The summed E-state index contributed by atoms with van der Waals surface area (Å²) < 4.78 is 1.91. The van der Waals surface area contributed by atoms with Gasteiger partial charge in [0.25, 0.3) is 0 Å². The smallest absolute Gasteiger partial charge is 0.184 e. The topological polar surface area (TPSA) is 69.6 Å². The van der Waals surface area contributed by atoms with Gasteiger partial charge in [-0.15, -0.1) is 5.10 Å². The van der Waals surface area contributed by atoms with Crippen molar-refractivity contribution in [2.24, 2.45) is 5.92 Å². The molecule has 0 bridgehead atoms. The fraction of sp³-hybridized carbons (Fsp3) is 0.562. The minimum Gasteiger partial charge on any atom is -0.398 e. The van der Waals surface area contributed by atoms with Crippen LogP contribution in [-0.2, 0) is 6.54 Å². The highest BCUT2D eigenvalue weighted by molar-refractivity contribution is 5.74. The summed E-state index contributed by atoms with van der Waals surface area (Å²) in [6.45, 7) is 2.92. The third kappa shape index (κ3) is 3.06. The zero-order valence-corrected chi connectivity index (χ0v) is 12.6. The largest absolute Gasteiger partial charge is 0.398 e. The molecule has 1 aromatic carbocycles. The molecule has 5 heteroatoms. The highest BCUT2D eigenvalue weighted by atomic mass is 15.5. The van der Waals surface area contributed by atoms with Crippen molar-refractivity contribution in [3.05, 3.63) is 23.8 Å². The first-order valence-corrected chi connectivity index (χ1v) is 7.87. The van der Waals surface area contributed by atoms with Crippen LogP contribution in [0, 0.1) is 12.8 Å². The van der Waals surface area contributed by atoms with Gasteiger partial charge in [-0.2, -0.15) is 0 Å². The zero-order chi connectivity index (χ0) is 14.7. The number of nitrogens with two attached hydrogens (primary N) is 1. The van der Waals surface area contributed by atoms with E-state index in [2.05, 4.69) is 15.5 Å².